The highest BCUT2D eigenvalue weighted by molar-refractivity contribution is 5.81. The van der Waals surface area contributed by atoms with Gasteiger partial charge in [0, 0.05) is 24.4 Å². The molecule has 0 aliphatic rings. The predicted molar refractivity (Wildman–Crippen MR) is 52.1 cm³/mol. The molecule has 1 aromatic heterocycles. The Morgan fingerprint density at radius 3 is 2.69 bits per heavy atom. The lowest BCUT2D eigenvalue weighted by atomic mass is 9.96. The molecule has 1 rings (SSSR count). The zero-order chi connectivity index (χ0) is 9.90. The standard InChI is InChI=1S/C10H16N2O/c1-10(2,3)9(13)12-7-8-4-5-11-6-8/h4-6,11H,7H2,1-3H3,(H,12,13). The van der Waals surface area contributed by atoms with Crippen molar-refractivity contribution in [2.75, 3.05) is 0 Å². The van der Waals surface area contributed by atoms with Crippen molar-refractivity contribution < 1.29 is 4.79 Å². The summed E-state index contributed by atoms with van der Waals surface area (Å²) in [6.45, 7) is 6.30. The van der Waals surface area contributed by atoms with Crippen molar-refractivity contribution in [2.45, 2.75) is 27.3 Å². The Morgan fingerprint density at radius 1 is 1.54 bits per heavy atom. The summed E-state index contributed by atoms with van der Waals surface area (Å²) in [6, 6.07) is 1.95. The van der Waals surface area contributed by atoms with E-state index in [0.717, 1.165) is 5.56 Å². The summed E-state index contributed by atoms with van der Waals surface area (Å²) in [6.07, 6.45) is 3.72. The molecule has 0 unspecified atom stereocenters. The van der Waals surface area contributed by atoms with E-state index in [-0.39, 0.29) is 11.3 Å². The first-order valence-corrected chi connectivity index (χ1v) is 4.40. The van der Waals surface area contributed by atoms with Crippen molar-refractivity contribution >= 4 is 5.91 Å². The zero-order valence-electron chi connectivity index (χ0n) is 8.35. The Morgan fingerprint density at radius 2 is 2.23 bits per heavy atom. The van der Waals surface area contributed by atoms with Gasteiger partial charge < -0.3 is 10.3 Å². The molecule has 3 heteroatoms. The Kier molecular flexibility index (Phi) is 2.76. The number of hydrogen-bond acceptors (Lipinski definition) is 1. The summed E-state index contributed by atoms with van der Waals surface area (Å²) in [5, 5.41) is 2.87. The molecular weight excluding hydrogens is 164 g/mol. The monoisotopic (exact) mass is 180 g/mol. The number of aromatic amines is 1. The highest BCUT2D eigenvalue weighted by Gasteiger charge is 2.20. The van der Waals surface area contributed by atoms with Crippen LogP contribution in [0.1, 0.15) is 26.3 Å². The number of amides is 1. The second kappa shape index (κ2) is 3.64. The summed E-state index contributed by atoms with van der Waals surface area (Å²) in [7, 11) is 0. The maximum Gasteiger partial charge on any atom is 0.225 e. The number of rotatable bonds is 2. The average Bonchev–Trinajstić information content (AvgIpc) is 2.50. The zero-order valence-corrected chi connectivity index (χ0v) is 8.35. The molecule has 2 N–H and O–H groups in total. The molecule has 72 valence electrons. The summed E-state index contributed by atoms with van der Waals surface area (Å²) >= 11 is 0. The molecule has 0 aliphatic heterocycles. The molecule has 3 nitrogen and oxygen atoms in total. The van der Waals surface area contributed by atoms with Gasteiger partial charge in [0.25, 0.3) is 0 Å². The minimum absolute atomic E-state index is 0.0775. The molecule has 0 aliphatic carbocycles. The Balaban J connectivity index is 2.40. The van der Waals surface area contributed by atoms with Crippen LogP contribution in [0.2, 0.25) is 0 Å². The van der Waals surface area contributed by atoms with Crippen molar-refractivity contribution in [2.24, 2.45) is 5.41 Å². The van der Waals surface area contributed by atoms with Gasteiger partial charge in [-0.15, -0.1) is 0 Å². The maximum absolute atomic E-state index is 11.4. The fourth-order valence-corrected chi connectivity index (χ4v) is 0.916. The number of aromatic nitrogens is 1. The Hall–Kier alpha value is -1.25. The summed E-state index contributed by atoms with van der Waals surface area (Å²) in [4.78, 5) is 14.4. The van der Waals surface area contributed by atoms with Gasteiger partial charge in [-0.2, -0.15) is 0 Å². The number of nitrogens with one attached hydrogen (secondary N) is 2. The third-order valence-electron chi connectivity index (χ3n) is 1.80. The predicted octanol–water partition coefficient (Wildman–Crippen LogP) is 1.68. The summed E-state index contributed by atoms with van der Waals surface area (Å²) in [5.74, 6) is 0.0775. The van der Waals surface area contributed by atoms with E-state index in [0.29, 0.717) is 6.54 Å². The van der Waals surface area contributed by atoms with E-state index in [1.807, 2.05) is 39.2 Å². The first-order valence-electron chi connectivity index (χ1n) is 4.40. The highest BCUT2D eigenvalue weighted by atomic mass is 16.2. The smallest absolute Gasteiger partial charge is 0.225 e. The molecule has 1 heterocycles. The van der Waals surface area contributed by atoms with Crippen LogP contribution in [0.5, 0.6) is 0 Å². The number of H-pyrrole nitrogens is 1. The maximum atomic E-state index is 11.4. The molecular formula is C10H16N2O. The van der Waals surface area contributed by atoms with Crippen LogP contribution in [0.25, 0.3) is 0 Å². The molecule has 0 fully saturated rings. The van der Waals surface area contributed by atoms with Crippen LogP contribution < -0.4 is 5.32 Å². The van der Waals surface area contributed by atoms with Crippen LogP contribution in [0.4, 0.5) is 0 Å². The first-order chi connectivity index (χ1) is 6.00. The van der Waals surface area contributed by atoms with Crippen molar-refractivity contribution in [3.63, 3.8) is 0 Å². The average molecular weight is 180 g/mol. The lowest BCUT2D eigenvalue weighted by molar-refractivity contribution is -0.128. The van der Waals surface area contributed by atoms with Gasteiger partial charge in [0.1, 0.15) is 0 Å². The molecule has 0 spiro atoms. The SMILES string of the molecule is CC(C)(C)C(=O)NCc1cc[nH]c1. The molecule has 0 saturated carbocycles. The number of hydrogen-bond donors (Lipinski definition) is 2. The van der Waals surface area contributed by atoms with Crippen LogP contribution in [0, 0.1) is 5.41 Å². The molecule has 0 bridgehead atoms. The van der Waals surface area contributed by atoms with Gasteiger partial charge in [0.05, 0.1) is 0 Å². The molecule has 0 radical (unpaired) electrons. The van der Waals surface area contributed by atoms with E-state index >= 15 is 0 Å². The molecule has 0 saturated heterocycles. The van der Waals surface area contributed by atoms with Crippen LogP contribution in [-0.4, -0.2) is 10.9 Å². The summed E-state index contributed by atoms with van der Waals surface area (Å²) in [5.41, 5.74) is 0.786. The van der Waals surface area contributed by atoms with E-state index in [2.05, 4.69) is 10.3 Å². The number of carbonyl (C=O) groups is 1. The largest absolute Gasteiger partial charge is 0.367 e. The Bertz CT molecular complexity index is 270. The lowest BCUT2D eigenvalue weighted by Crippen LogP contribution is -2.34. The van der Waals surface area contributed by atoms with E-state index in [9.17, 15) is 4.79 Å². The van der Waals surface area contributed by atoms with Gasteiger partial charge in [-0.25, -0.2) is 0 Å². The van der Waals surface area contributed by atoms with Crippen molar-refractivity contribution in [1.82, 2.24) is 10.3 Å². The topological polar surface area (TPSA) is 44.9 Å². The third kappa shape index (κ3) is 2.93. The van der Waals surface area contributed by atoms with Gasteiger partial charge >= 0.3 is 0 Å². The van der Waals surface area contributed by atoms with Gasteiger partial charge in [-0.05, 0) is 11.6 Å². The van der Waals surface area contributed by atoms with Gasteiger partial charge in [-0.3, -0.25) is 4.79 Å². The quantitative estimate of drug-likeness (QED) is 0.714. The van der Waals surface area contributed by atoms with Gasteiger partial charge in [0.15, 0.2) is 0 Å². The van der Waals surface area contributed by atoms with Crippen molar-refractivity contribution in [3.05, 3.63) is 24.0 Å². The minimum Gasteiger partial charge on any atom is -0.367 e. The normalized spacial score (nSPS) is 11.3. The number of carbonyl (C=O) groups excluding carboxylic acids is 1. The van der Waals surface area contributed by atoms with Crippen LogP contribution >= 0.6 is 0 Å². The minimum atomic E-state index is -0.309. The van der Waals surface area contributed by atoms with Crippen LogP contribution in [0.3, 0.4) is 0 Å². The molecule has 1 aromatic rings. The van der Waals surface area contributed by atoms with Crippen molar-refractivity contribution in [3.8, 4) is 0 Å². The summed E-state index contributed by atoms with van der Waals surface area (Å²) < 4.78 is 0. The molecule has 1 amide bonds. The van der Waals surface area contributed by atoms with Crippen molar-refractivity contribution in [1.29, 1.82) is 0 Å². The fourth-order valence-electron chi connectivity index (χ4n) is 0.916. The van der Waals surface area contributed by atoms with Crippen LogP contribution in [-0.2, 0) is 11.3 Å². The second-order valence-electron chi connectivity index (χ2n) is 4.15. The highest BCUT2D eigenvalue weighted by Crippen LogP contribution is 2.12. The van der Waals surface area contributed by atoms with E-state index < -0.39 is 0 Å². The second-order valence-corrected chi connectivity index (χ2v) is 4.15. The third-order valence-corrected chi connectivity index (χ3v) is 1.80. The molecule has 0 aromatic carbocycles. The van der Waals surface area contributed by atoms with Crippen LogP contribution in [0.15, 0.2) is 18.5 Å². The molecule has 13 heavy (non-hydrogen) atoms. The first kappa shape index (κ1) is 9.84. The molecule has 0 atom stereocenters. The van der Waals surface area contributed by atoms with E-state index in [1.54, 1.807) is 0 Å². The van der Waals surface area contributed by atoms with Gasteiger partial charge in [-0.1, -0.05) is 20.8 Å². The Labute approximate surface area is 78.5 Å². The van der Waals surface area contributed by atoms with Gasteiger partial charge in [0.2, 0.25) is 5.91 Å². The fraction of sp³-hybridized carbons (Fsp3) is 0.500. The van der Waals surface area contributed by atoms with E-state index in [4.69, 9.17) is 0 Å². The lowest BCUT2D eigenvalue weighted by Gasteiger charge is -2.17. The van der Waals surface area contributed by atoms with E-state index in [1.165, 1.54) is 0 Å².